The number of nitrogens with zero attached hydrogens (tertiary/aromatic N) is 2. The molecule has 3 rings (SSSR count). The third kappa shape index (κ3) is 6.23. The van der Waals surface area contributed by atoms with Crippen LogP contribution < -0.4 is 4.74 Å². The van der Waals surface area contributed by atoms with E-state index in [0.29, 0.717) is 6.21 Å². The van der Waals surface area contributed by atoms with Crippen LogP contribution in [0.5, 0.6) is 5.75 Å². The number of alkyl halides is 3. The van der Waals surface area contributed by atoms with Crippen molar-refractivity contribution in [2.45, 2.75) is 25.0 Å². The van der Waals surface area contributed by atoms with Gasteiger partial charge in [0.2, 0.25) is 11.6 Å². The topological polar surface area (TPSA) is 82.4 Å². The van der Waals surface area contributed by atoms with E-state index in [1.54, 1.807) is 24.3 Å². The maximum absolute atomic E-state index is 14.5. The van der Waals surface area contributed by atoms with Gasteiger partial charge in [-0.2, -0.15) is 4.39 Å². The third-order valence-corrected chi connectivity index (χ3v) is 5.04. The Balaban J connectivity index is 1.92. The van der Waals surface area contributed by atoms with Gasteiger partial charge in [-0.05, 0) is 49.7 Å². The molecule has 0 aliphatic carbocycles. The molecule has 1 saturated heterocycles. The van der Waals surface area contributed by atoms with Crippen LogP contribution >= 0.6 is 11.6 Å². The number of ether oxygens (including phenoxy) is 1. The van der Waals surface area contributed by atoms with E-state index >= 15 is 0 Å². The predicted molar refractivity (Wildman–Crippen MR) is 114 cm³/mol. The lowest BCUT2D eigenvalue weighted by Gasteiger charge is -2.15. The molecular weight excluding hydrogens is 487 g/mol. The molecule has 12 heteroatoms. The first kappa shape index (κ1) is 25.4. The maximum atomic E-state index is 14.5. The number of aliphatic hydroxyl groups is 1. The SMILES string of the molecule is O=C(O)C(C=Nc1ccc(CN2CCCC2)cc1)=C(O)c1cc(F)c(F)c(OC(F)(F)Cl)c1F. The van der Waals surface area contributed by atoms with E-state index in [4.69, 9.17) is 0 Å². The van der Waals surface area contributed by atoms with Crippen LogP contribution in [-0.4, -0.2) is 46.0 Å². The van der Waals surface area contributed by atoms with Gasteiger partial charge in [0.25, 0.3) is 0 Å². The summed E-state index contributed by atoms with van der Waals surface area (Å²) in [7, 11) is 0. The molecule has 2 aromatic carbocycles. The van der Waals surface area contributed by atoms with Crippen LogP contribution in [0.15, 0.2) is 40.9 Å². The average Bonchev–Trinajstić information content (AvgIpc) is 3.27. The number of benzene rings is 2. The summed E-state index contributed by atoms with van der Waals surface area (Å²) in [4.78, 5) is 17.8. The Hall–Kier alpha value is -3.18. The summed E-state index contributed by atoms with van der Waals surface area (Å²) in [5, 5.41) is 19.6. The molecule has 0 amide bonds. The summed E-state index contributed by atoms with van der Waals surface area (Å²) in [6.45, 7) is 2.75. The minimum absolute atomic E-state index is 0.0865. The maximum Gasteiger partial charge on any atom is 0.487 e. The van der Waals surface area contributed by atoms with Crippen LogP contribution in [0.3, 0.4) is 0 Å². The van der Waals surface area contributed by atoms with Gasteiger partial charge >= 0.3 is 11.5 Å². The molecule has 182 valence electrons. The monoisotopic (exact) mass is 504 g/mol. The first-order valence-electron chi connectivity index (χ1n) is 9.91. The van der Waals surface area contributed by atoms with Crippen LogP contribution in [0.2, 0.25) is 0 Å². The van der Waals surface area contributed by atoms with Crippen molar-refractivity contribution in [3.63, 3.8) is 0 Å². The summed E-state index contributed by atoms with van der Waals surface area (Å²) in [6, 6.07) is 6.82. The number of aliphatic imine (C=N–C) groups is 1. The highest BCUT2D eigenvalue weighted by atomic mass is 35.5. The van der Waals surface area contributed by atoms with Crippen molar-refractivity contribution >= 4 is 35.2 Å². The molecule has 1 aliphatic rings. The molecule has 0 saturated carbocycles. The Bertz CT molecular complexity index is 1130. The molecule has 2 N–H and O–H groups in total. The number of carboxylic acid groups (broad SMARTS) is 1. The Morgan fingerprint density at radius 1 is 1.12 bits per heavy atom. The summed E-state index contributed by atoms with van der Waals surface area (Å²) in [6.07, 6.45) is 2.93. The zero-order valence-corrected chi connectivity index (χ0v) is 18.1. The van der Waals surface area contributed by atoms with Crippen molar-refractivity contribution in [1.82, 2.24) is 4.90 Å². The quantitative estimate of drug-likeness (QED) is 0.122. The molecule has 1 fully saturated rings. The summed E-state index contributed by atoms with van der Waals surface area (Å²) in [5.41, 5.74) is -5.59. The van der Waals surface area contributed by atoms with Crippen LogP contribution in [0.4, 0.5) is 27.6 Å². The summed E-state index contributed by atoms with van der Waals surface area (Å²) >= 11 is 4.48. The molecule has 1 aliphatic heterocycles. The second-order valence-corrected chi connectivity index (χ2v) is 7.83. The molecule has 0 aromatic heterocycles. The molecule has 1 heterocycles. The molecule has 2 aromatic rings. The highest BCUT2D eigenvalue weighted by molar-refractivity contribution is 6.20. The van der Waals surface area contributed by atoms with Crippen molar-refractivity contribution in [3.8, 4) is 5.75 Å². The largest absolute Gasteiger partial charge is 0.506 e. The number of carboxylic acids is 1. The molecule has 6 nitrogen and oxygen atoms in total. The standard InChI is InChI=1S/C22H18ClF5N2O4/c23-22(27,28)34-20-17(25)14(9-16(24)18(20)26)19(31)15(21(32)33)10-29-13-5-3-12(4-6-13)11-30-7-1-2-8-30/h3-6,9-10,31H,1-2,7-8,11H2,(H,32,33). The van der Waals surface area contributed by atoms with E-state index in [-0.39, 0.29) is 11.8 Å². The van der Waals surface area contributed by atoms with Crippen molar-refractivity contribution < 1.29 is 41.7 Å². The highest BCUT2D eigenvalue weighted by Crippen LogP contribution is 2.35. The minimum atomic E-state index is -4.61. The van der Waals surface area contributed by atoms with Gasteiger partial charge in [-0.15, -0.1) is 8.78 Å². The zero-order chi connectivity index (χ0) is 25.0. The first-order valence-corrected chi connectivity index (χ1v) is 10.3. The van der Waals surface area contributed by atoms with Gasteiger partial charge in [0.15, 0.2) is 11.6 Å². The first-order chi connectivity index (χ1) is 16.0. The molecule has 0 spiro atoms. The van der Waals surface area contributed by atoms with Gasteiger partial charge in [-0.25, -0.2) is 13.6 Å². The summed E-state index contributed by atoms with van der Waals surface area (Å²) in [5.74, 6) is -11.2. The van der Waals surface area contributed by atoms with Crippen molar-refractivity contribution in [1.29, 1.82) is 0 Å². The molecule has 34 heavy (non-hydrogen) atoms. The Kier molecular flexibility index (Phi) is 7.78. The lowest BCUT2D eigenvalue weighted by molar-refractivity contribution is -0.132. The number of carbonyl (C=O) groups is 1. The number of hydrogen-bond donors (Lipinski definition) is 2. The number of halogens is 6. The van der Waals surface area contributed by atoms with Crippen molar-refractivity contribution in [2.75, 3.05) is 13.1 Å². The van der Waals surface area contributed by atoms with Crippen LogP contribution in [0.25, 0.3) is 5.76 Å². The van der Waals surface area contributed by atoms with Crippen molar-refractivity contribution in [2.24, 2.45) is 4.99 Å². The molecule has 0 radical (unpaired) electrons. The molecule has 0 atom stereocenters. The Morgan fingerprint density at radius 3 is 2.29 bits per heavy atom. The average molecular weight is 505 g/mol. The van der Waals surface area contributed by atoms with Crippen LogP contribution in [0, 0.1) is 17.5 Å². The van der Waals surface area contributed by atoms with Gasteiger partial charge in [0, 0.05) is 24.4 Å². The van der Waals surface area contributed by atoms with Gasteiger partial charge in [-0.1, -0.05) is 12.1 Å². The lowest BCUT2D eigenvalue weighted by Crippen LogP contribution is -2.19. The van der Waals surface area contributed by atoms with Gasteiger partial charge < -0.3 is 14.9 Å². The molecule has 0 unspecified atom stereocenters. The lowest BCUT2D eigenvalue weighted by atomic mass is 10.1. The van der Waals surface area contributed by atoms with E-state index in [0.717, 1.165) is 38.0 Å². The Labute approximate surface area is 195 Å². The zero-order valence-electron chi connectivity index (χ0n) is 17.4. The van der Waals surface area contributed by atoms with E-state index in [2.05, 4.69) is 26.2 Å². The molecule has 0 bridgehead atoms. The number of likely N-dealkylation sites (tertiary alicyclic amines) is 1. The van der Waals surface area contributed by atoms with Crippen LogP contribution in [-0.2, 0) is 11.3 Å². The number of aliphatic carboxylic acids is 1. The fourth-order valence-electron chi connectivity index (χ4n) is 3.35. The minimum Gasteiger partial charge on any atom is -0.506 e. The highest BCUT2D eigenvalue weighted by Gasteiger charge is 2.34. The second kappa shape index (κ2) is 10.4. The smallest absolute Gasteiger partial charge is 0.487 e. The summed E-state index contributed by atoms with van der Waals surface area (Å²) < 4.78 is 71.4. The van der Waals surface area contributed by atoms with E-state index in [1.165, 1.54) is 0 Å². The normalized spacial score (nSPS) is 15.6. The fourth-order valence-corrected chi connectivity index (χ4v) is 3.42. The van der Waals surface area contributed by atoms with E-state index in [1.807, 2.05) is 0 Å². The fraction of sp³-hybridized carbons (Fsp3) is 0.273. The number of aliphatic hydroxyl groups excluding tert-OH is 1. The third-order valence-electron chi connectivity index (χ3n) is 4.96. The van der Waals surface area contributed by atoms with E-state index < -0.39 is 51.6 Å². The second-order valence-electron chi connectivity index (χ2n) is 7.39. The number of hydrogen-bond acceptors (Lipinski definition) is 5. The van der Waals surface area contributed by atoms with Crippen molar-refractivity contribution in [3.05, 3.63) is 64.5 Å². The van der Waals surface area contributed by atoms with E-state index in [9.17, 15) is 37.0 Å². The van der Waals surface area contributed by atoms with Gasteiger partial charge in [-0.3, -0.25) is 9.89 Å². The van der Waals surface area contributed by atoms with Crippen LogP contribution in [0.1, 0.15) is 24.0 Å². The Morgan fingerprint density at radius 2 is 1.74 bits per heavy atom. The predicted octanol–water partition coefficient (Wildman–Crippen LogP) is 5.62. The number of rotatable bonds is 8. The van der Waals surface area contributed by atoms with Gasteiger partial charge in [0.1, 0.15) is 11.3 Å². The molecular formula is C22H18ClF5N2O4. The van der Waals surface area contributed by atoms with Gasteiger partial charge in [0.05, 0.1) is 11.3 Å².